The van der Waals surface area contributed by atoms with Crippen molar-refractivity contribution in [2.45, 2.75) is 50.1 Å². The smallest absolute Gasteiger partial charge is 0.408 e. The summed E-state index contributed by atoms with van der Waals surface area (Å²) >= 11 is 0. The standard InChI is InChI=1S/C26H30N2O6/c1-2-3-12-22(23(29)30)27-24(31)26(13-14-33-16-26)28-25(32)34-15-21-19-10-6-4-8-17(19)18-9-5-7-11-20(18)21/h4-11,21-22H,2-3,12-16H2,1H3,(H,27,31)(H,28,32)(H,29,30)/t22-,26?/m0/s1. The SMILES string of the molecule is CCCC[C@H](NC(=O)C1(NC(=O)OCC2c3ccccc3-c3ccccc32)CCOC1)C(=O)O. The Hall–Kier alpha value is -3.39. The molecular weight excluding hydrogens is 436 g/mol. The number of amides is 2. The summed E-state index contributed by atoms with van der Waals surface area (Å²) in [6.07, 6.45) is 1.30. The van der Waals surface area contributed by atoms with Gasteiger partial charge in [-0.25, -0.2) is 9.59 Å². The fraction of sp³-hybridized carbons (Fsp3) is 0.423. The molecule has 4 rings (SSSR count). The summed E-state index contributed by atoms with van der Waals surface area (Å²) < 4.78 is 11.0. The molecule has 1 saturated heterocycles. The van der Waals surface area contributed by atoms with E-state index in [0.717, 1.165) is 28.7 Å². The van der Waals surface area contributed by atoms with Gasteiger partial charge in [-0.1, -0.05) is 68.3 Å². The lowest BCUT2D eigenvalue weighted by molar-refractivity contribution is -0.143. The molecule has 2 atom stereocenters. The second kappa shape index (κ2) is 10.3. The summed E-state index contributed by atoms with van der Waals surface area (Å²) in [5.41, 5.74) is 3.07. The van der Waals surface area contributed by atoms with Crippen molar-refractivity contribution in [3.63, 3.8) is 0 Å². The van der Waals surface area contributed by atoms with Crippen LogP contribution in [0.4, 0.5) is 4.79 Å². The zero-order valence-electron chi connectivity index (χ0n) is 19.2. The first kappa shape index (κ1) is 23.8. The van der Waals surface area contributed by atoms with Gasteiger partial charge in [0.15, 0.2) is 0 Å². The van der Waals surface area contributed by atoms with Gasteiger partial charge in [0.25, 0.3) is 0 Å². The summed E-state index contributed by atoms with van der Waals surface area (Å²) in [6.45, 7) is 2.31. The third-order valence-electron chi connectivity index (χ3n) is 6.59. The van der Waals surface area contributed by atoms with Gasteiger partial charge in [0.2, 0.25) is 5.91 Å². The maximum atomic E-state index is 13.0. The number of carboxylic acids is 1. The Kier molecular flexibility index (Phi) is 7.17. The third-order valence-corrected chi connectivity index (χ3v) is 6.59. The number of nitrogens with one attached hydrogen (secondary N) is 2. The lowest BCUT2D eigenvalue weighted by atomic mass is 9.96. The predicted molar refractivity (Wildman–Crippen MR) is 125 cm³/mol. The van der Waals surface area contributed by atoms with Crippen LogP contribution in [-0.4, -0.2) is 54.5 Å². The number of aliphatic carboxylic acids is 1. The Balaban J connectivity index is 1.43. The molecule has 0 aromatic heterocycles. The van der Waals surface area contributed by atoms with Crippen LogP contribution in [0, 0.1) is 0 Å². The van der Waals surface area contributed by atoms with E-state index in [-0.39, 0.29) is 32.2 Å². The molecule has 0 bridgehead atoms. The Morgan fingerprint density at radius 2 is 1.76 bits per heavy atom. The first-order valence-electron chi connectivity index (χ1n) is 11.7. The van der Waals surface area contributed by atoms with E-state index in [0.29, 0.717) is 12.8 Å². The Morgan fingerprint density at radius 1 is 1.12 bits per heavy atom. The van der Waals surface area contributed by atoms with Crippen molar-refractivity contribution in [1.29, 1.82) is 0 Å². The molecule has 8 nitrogen and oxygen atoms in total. The molecule has 0 spiro atoms. The van der Waals surface area contributed by atoms with Crippen LogP contribution in [0.2, 0.25) is 0 Å². The monoisotopic (exact) mass is 466 g/mol. The van der Waals surface area contributed by atoms with Crippen molar-refractivity contribution in [3.8, 4) is 11.1 Å². The van der Waals surface area contributed by atoms with Crippen LogP contribution in [0.15, 0.2) is 48.5 Å². The van der Waals surface area contributed by atoms with Gasteiger partial charge in [-0.2, -0.15) is 0 Å². The highest BCUT2D eigenvalue weighted by Crippen LogP contribution is 2.44. The molecule has 0 radical (unpaired) electrons. The number of fused-ring (bicyclic) bond motifs is 3. The van der Waals surface area contributed by atoms with Gasteiger partial charge in [-0.3, -0.25) is 4.79 Å². The molecule has 8 heteroatoms. The van der Waals surface area contributed by atoms with Crippen molar-refractivity contribution in [2.24, 2.45) is 0 Å². The van der Waals surface area contributed by atoms with E-state index in [1.807, 2.05) is 43.3 Å². The van der Waals surface area contributed by atoms with Gasteiger partial charge in [0, 0.05) is 18.9 Å². The van der Waals surface area contributed by atoms with Gasteiger partial charge in [0.1, 0.15) is 18.2 Å². The van der Waals surface area contributed by atoms with E-state index in [1.54, 1.807) is 0 Å². The summed E-state index contributed by atoms with van der Waals surface area (Å²) in [7, 11) is 0. The average molecular weight is 467 g/mol. The van der Waals surface area contributed by atoms with Crippen LogP contribution >= 0.6 is 0 Å². The first-order valence-corrected chi connectivity index (χ1v) is 11.7. The van der Waals surface area contributed by atoms with E-state index in [2.05, 4.69) is 22.8 Å². The second-order valence-electron chi connectivity index (χ2n) is 8.84. The average Bonchev–Trinajstić information content (AvgIpc) is 3.43. The fourth-order valence-electron chi connectivity index (χ4n) is 4.69. The van der Waals surface area contributed by atoms with E-state index in [9.17, 15) is 19.5 Å². The molecule has 2 aliphatic rings. The number of hydrogen-bond donors (Lipinski definition) is 3. The van der Waals surface area contributed by atoms with Gasteiger partial charge >= 0.3 is 12.1 Å². The van der Waals surface area contributed by atoms with Gasteiger partial charge in [0.05, 0.1) is 6.61 Å². The van der Waals surface area contributed by atoms with Crippen LogP contribution in [0.5, 0.6) is 0 Å². The van der Waals surface area contributed by atoms with E-state index in [4.69, 9.17) is 9.47 Å². The maximum absolute atomic E-state index is 13.0. The Labute approximate surface area is 198 Å². The highest BCUT2D eigenvalue weighted by atomic mass is 16.6. The largest absolute Gasteiger partial charge is 0.480 e. The second-order valence-corrected chi connectivity index (χ2v) is 8.84. The minimum atomic E-state index is -1.36. The van der Waals surface area contributed by atoms with Gasteiger partial charge < -0.3 is 25.2 Å². The molecule has 3 N–H and O–H groups in total. The van der Waals surface area contributed by atoms with E-state index >= 15 is 0 Å². The number of carbonyl (C=O) groups is 3. The summed E-state index contributed by atoms with van der Waals surface area (Å²) in [4.78, 5) is 37.4. The lowest BCUT2D eigenvalue weighted by Gasteiger charge is -2.29. The fourth-order valence-corrected chi connectivity index (χ4v) is 4.69. The molecule has 2 aromatic rings. The van der Waals surface area contributed by atoms with Gasteiger partial charge in [-0.15, -0.1) is 0 Å². The molecule has 1 unspecified atom stereocenters. The number of carbonyl (C=O) groups excluding carboxylic acids is 2. The van der Waals surface area contributed by atoms with Crippen molar-refractivity contribution in [3.05, 3.63) is 59.7 Å². The molecule has 0 saturated carbocycles. The topological polar surface area (TPSA) is 114 Å². The zero-order valence-corrected chi connectivity index (χ0v) is 19.2. The van der Waals surface area contributed by atoms with Gasteiger partial charge in [-0.05, 0) is 28.7 Å². The molecular formula is C26H30N2O6. The van der Waals surface area contributed by atoms with Crippen LogP contribution in [0.25, 0.3) is 11.1 Å². The van der Waals surface area contributed by atoms with Crippen LogP contribution in [0.1, 0.15) is 49.7 Å². The zero-order chi connectivity index (χ0) is 24.1. The number of rotatable bonds is 9. The molecule has 1 aliphatic carbocycles. The van der Waals surface area contributed by atoms with Crippen molar-refractivity contribution in [2.75, 3.05) is 19.8 Å². The number of alkyl carbamates (subject to hydrolysis) is 1. The molecule has 34 heavy (non-hydrogen) atoms. The minimum absolute atomic E-state index is 0.0385. The van der Waals surface area contributed by atoms with E-state index in [1.165, 1.54) is 0 Å². The van der Waals surface area contributed by atoms with Crippen LogP contribution in [-0.2, 0) is 19.1 Å². The minimum Gasteiger partial charge on any atom is -0.480 e. The molecule has 1 heterocycles. The van der Waals surface area contributed by atoms with Crippen LogP contribution < -0.4 is 10.6 Å². The normalized spacial score (nSPS) is 19.7. The predicted octanol–water partition coefficient (Wildman–Crippen LogP) is 3.44. The molecule has 180 valence electrons. The van der Waals surface area contributed by atoms with Crippen molar-refractivity contribution in [1.82, 2.24) is 10.6 Å². The van der Waals surface area contributed by atoms with E-state index < -0.39 is 29.6 Å². The summed E-state index contributed by atoms with van der Waals surface area (Å²) in [6, 6.07) is 15.1. The van der Waals surface area contributed by atoms with Crippen LogP contribution in [0.3, 0.4) is 0 Å². The molecule has 2 aromatic carbocycles. The summed E-state index contributed by atoms with van der Waals surface area (Å²) in [5, 5.41) is 14.7. The highest BCUT2D eigenvalue weighted by Gasteiger charge is 2.45. The highest BCUT2D eigenvalue weighted by molar-refractivity contribution is 5.93. The number of benzene rings is 2. The molecule has 2 amide bonds. The number of unbranched alkanes of at least 4 members (excludes halogenated alkanes) is 1. The third kappa shape index (κ3) is 4.77. The first-order chi connectivity index (χ1) is 16.4. The Bertz CT molecular complexity index is 1020. The molecule has 1 fully saturated rings. The molecule has 1 aliphatic heterocycles. The van der Waals surface area contributed by atoms with Crippen molar-refractivity contribution < 1.29 is 29.0 Å². The quantitative estimate of drug-likeness (QED) is 0.522. The Morgan fingerprint density at radius 3 is 2.32 bits per heavy atom. The maximum Gasteiger partial charge on any atom is 0.408 e. The number of ether oxygens (including phenoxy) is 2. The lowest BCUT2D eigenvalue weighted by Crippen LogP contribution is -2.61. The summed E-state index contributed by atoms with van der Waals surface area (Å²) in [5.74, 6) is -1.77. The number of hydrogen-bond acceptors (Lipinski definition) is 5. The van der Waals surface area contributed by atoms with Crippen molar-refractivity contribution >= 4 is 18.0 Å². The number of carboxylic acid groups (broad SMARTS) is 1.